The Morgan fingerprint density at radius 3 is 2.22 bits per heavy atom. The number of amides is 1. The van der Waals surface area contributed by atoms with Crippen LogP contribution in [0.4, 0.5) is 16.2 Å². The molecule has 1 aliphatic heterocycles. The Labute approximate surface area is 186 Å². The lowest BCUT2D eigenvalue weighted by Gasteiger charge is -2.33. The van der Waals surface area contributed by atoms with Gasteiger partial charge >= 0.3 is 12.1 Å². The van der Waals surface area contributed by atoms with Crippen molar-refractivity contribution in [2.24, 2.45) is 0 Å². The zero-order valence-electron chi connectivity index (χ0n) is 18.4. The minimum atomic E-state index is -1.07. The number of aliphatic carboxylic acids is 1. The summed E-state index contributed by atoms with van der Waals surface area (Å²) in [6, 6.07) is 14.9. The molecule has 0 radical (unpaired) electrons. The first-order valence-corrected chi connectivity index (χ1v) is 10.1. The summed E-state index contributed by atoms with van der Waals surface area (Å²) >= 11 is 0. The van der Waals surface area contributed by atoms with Crippen LogP contribution < -0.4 is 9.80 Å². The lowest BCUT2D eigenvalue weighted by molar-refractivity contribution is -0.139. The molecular formula is C24H24N4O4. The van der Waals surface area contributed by atoms with Gasteiger partial charge in [-0.25, -0.2) is 4.79 Å². The number of carboxylic acids is 1. The van der Waals surface area contributed by atoms with Gasteiger partial charge < -0.3 is 14.7 Å². The van der Waals surface area contributed by atoms with Crippen LogP contribution in [-0.2, 0) is 9.53 Å². The Kier molecular flexibility index (Phi) is 6.09. The minimum absolute atomic E-state index is 0.193. The van der Waals surface area contributed by atoms with Gasteiger partial charge in [0, 0.05) is 19.3 Å². The second kappa shape index (κ2) is 8.60. The number of likely N-dealkylation sites (N-methyl/N-ethyl adjacent to an activating group) is 1. The van der Waals surface area contributed by atoms with Gasteiger partial charge in [0.15, 0.2) is 0 Å². The zero-order valence-corrected chi connectivity index (χ0v) is 18.4. The van der Waals surface area contributed by atoms with E-state index >= 15 is 0 Å². The highest BCUT2D eigenvalue weighted by molar-refractivity contribution is 5.97. The largest absolute Gasteiger partial charge is 0.481 e. The fourth-order valence-corrected chi connectivity index (χ4v) is 3.83. The summed E-state index contributed by atoms with van der Waals surface area (Å²) in [4.78, 5) is 28.6. The van der Waals surface area contributed by atoms with Crippen molar-refractivity contribution in [1.82, 2.24) is 0 Å². The first-order chi connectivity index (χ1) is 15.1. The van der Waals surface area contributed by atoms with E-state index < -0.39 is 29.6 Å². The van der Waals surface area contributed by atoms with Crippen molar-refractivity contribution < 1.29 is 19.4 Å². The average Bonchev–Trinajstić information content (AvgIpc) is 3.05. The van der Waals surface area contributed by atoms with E-state index in [0.29, 0.717) is 22.4 Å². The first kappa shape index (κ1) is 22.6. The summed E-state index contributed by atoms with van der Waals surface area (Å²) in [6.45, 7) is 5.40. The van der Waals surface area contributed by atoms with Gasteiger partial charge in [-0.1, -0.05) is 6.07 Å². The number of carbonyl (C=O) groups excluding carboxylic acids is 1. The third-order valence-electron chi connectivity index (χ3n) is 5.22. The van der Waals surface area contributed by atoms with Crippen LogP contribution in [0.3, 0.4) is 0 Å². The molecule has 3 rings (SSSR count). The fourth-order valence-electron chi connectivity index (χ4n) is 3.83. The van der Waals surface area contributed by atoms with E-state index in [2.05, 4.69) is 6.07 Å². The van der Waals surface area contributed by atoms with E-state index in [1.165, 1.54) is 11.0 Å². The Balaban J connectivity index is 2.04. The third kappa shape index (κ3) is 4.50. The van der Waals surface area contributed by atoms with Crippen LogP contribution in [0.2, 0.25) is 0 Å². The van der Waals surface area contributed by atoms with Gasteiger partial charge in [0.2, 0.25) is 0 Å². The number of anilines is 2. The van der Waals surface area contributed by atoms with Gasteiger partial charge in [-0.15, -0.1) is 0 Å². The molecule has 2 atom stereocenters. The maximum Gasteiger partial charge on any atom is 0.415 e. The van der Waals surface area contributed by atoms with Crippen LogP contribution in [0.5, 0.6) is 0 Å². The summed E-state index contributed by atoms with van der Waals surface area (Å²) < 4.78 is 5.58. The highest BCUT2D eigenvalue weighted by atomic mass is 16.6. The normalized spacial score (nSPS) is 17.1. The van der Waals surface area contributed by atoms with Crippen LogP contribution >= 0.6 is 0 Å². The zero-order chi connectivity index (χ0) is 23.6. The Morgan fingerprint density at radius 2 is 1.69 bits per heavy atom. The lowest BCUT2D eigenvalue weighted by Crippen LogP contribution is -2.49. The van der Waals surface area contributed by atoms with Gasteiger partial charge in [-0.3, -0.25) is 9.69 Å². The number of carboxylic acid groups (broad SMARTS) is 1. The summed E-state index contributed by atoms with van der Waals surface area (Å²) in [5.74, 6) is -2.06. The number of carbonyl (C=O) groups is 2. The molecule has 32 heavy (non-hydrogen) atoms. The van der Waals surface area contributed by atoms with E-state index in [1.54, 1.807) is 64.2 Å². The van der Waals surface area contributed by atoms with Crippen LogP contribution in [0.1, 0.15) is 43.4 Å². The molecule has 1 amide bonds. The van der Waals surface area contributed by atoms with E-state index in [0.717, 1.165) is 5.69 Å². The summed E-state index contributed by atoms with van der Waals surface area (Å²) in [5.41, 5.74) is 1.64. The molecular weight excluding hydrogens is 408 g/mol. The molecule has 8 heteroatoms. The third-order valence-corrected chi connectivity index (χ3v) is 5.22. The smallest absolute Gasteiger partial charge is 0.415 e. The number of hydrogen-bond acceptors (Lipinski definition) is 6. The number of fused-ring (bicyclic) bond motifs is 1. The lowest BCUT2D eigenvalue weighted by atomic mass is 9.94. The van der Waals surface area contributed by atoms with Gasteiger partial charge in [0.1, 0.15) is 11.5 Å². The molecule has 0 spiro atoms. The molecule has 1 aliphatic rings. The molecule has 1 heterocycles. The summed E-state index contributed by atoms with van der Waals surface area (Å²) in [5, 5.41) is 28.4. The van der Waals surface area contributed by atoms with Gasteiger partial charge in [0.05, 0.1) is 35.0 Å². The van der Waals surface area contributed by atoms with E-state index in [9.17, 15) is 20.0 Å². The van der Waals surface area contributed by atoms with E-state index in [4.69, 9.17) is 10.00 Å². The number of benzene rings is 2. The molecule has 164 valence electrons. The molecule has 0 aliphatic carbocycles. The molecule has 0 saturated heterocycles. The second-order valence-corrected chi connectivity index (χ2v) is 8.66. The van der Waals surface area contributed by atoms with Crippen molar-refractivity contribution in [3.63, 3.8) is 0 Å². The molecule has 2 aromatic rings. The number of nitrogens with zero attached hydrogens (tertiary/aromatic N) is 4. The van der Waals surface area contributed by atoms with Gasteiger partial charge in [-0.05, 0) is 62.7 Å². The van der Waals surface area contributed by atoms with E-state index in [1.807, 2.05) is 11.0 Å². The average molecular weight is 432 g/mol. The number of rotatable bonds is 4. The number of nitriles is 2. The maximum atomic E-state index is 13.2. The summed E-state index contributed by atoms with van der Waals surface area (Å²) in [6.07, 6.45) is -0.671. The monoisotopic (exact) mass is 432 g/mol. The van der Waals surface area contributed by atoms with Crippen molar-refractivity contribution >= 4 is 23.4 Å². The Morgan fingerprint density at radius 1 is 1.09 bits per heavy atom. The van der Waals surface area contributed by atoms with Gasteiger partial charge in [-0.2, -0.15) is 10.5 Å². The van der Waals surface area contributed by atoms with Crippen molar-refractivity contribution in [2.45, 2.75) is 38.3 Å². The Bertz CT molecular complexity index is 1120. The summed E-state index contributed by atoms with van der Waals surface area (Å²) in [7, 11) is 1.79. The SMILES string of the molecule is CN(CC1C(C(=O)O)c2ccc(C#N)cc2N1C(=O)OC(C)(C)C)c1ccc(C#N)cc1. The topological polar surface area (TPSA) is 118 Å². The maximum absolute atomic E-state index is 13.2. The van der Waals surface area contributed by atoms with Crippen LogP contribution in [0.15, 0.2) is 42.5 Å². The molecule has 0 fully saturated rings. The number of ether oxygens (including phenoxy) is 1. The van der Waals surface area contributed by atoms with Gasteiger partial charge in [0.25, 0.3) is 0 Å². The predicted octanol–water partition coefficient (Wildman–Crippen LogP) is 3.86. The molecule has 1 N–H and O–H groups in total. The van der Waals surface area contributed by atoms with Crippen molar-refractivity contribution in [1.29, 1.82) is 10.5 Å². The minimum Gasteiger partial charge on any atom is -0.481 e. The molecule has 0 aromatic heterocycles. The van der Waals surface area contributed by atoms with Crippen molar-refractivity contribution in [3.05, 3.63) is 59.2 Å². The van der Waals surface area contributed by atoms with Crippen LogP contribution in [0, 0.1) is 22.7 Å². The quantitative estimate of drug-likeness (QED) is 0.779. The predicted molar refractivity (Wildman–Crippen MR) is 118 cm³/mol. The van der Waals surface area contributed by atoms with Crippen molar-refractivity contribution in [2.75, 3.05) is 23.4 Å². The first-order valence-electron chi connectivity index (χ1n) is 10.1. The van der Waals surface area contributed by atoms with Crippen LogP contribution in [0.25, 0.3) is 0 Å². The standard InChI is InChI=1S/C24H24N4O4/c1-24(2,3)32-23(31)28-19-11-16(13-26)7-10-18(19)21(22(29)30)20(28)14-27(4)17-8-5-15(12-25)6-9-17/h5-11,20-21H,14H2,1-4H3,(H,29,30). The van der Waals surface area contributed by atoms with E-state index in [-0.39, 0.29) is 6.54 Å². The Hall–Kier alpha value is -4.04. The second-order valence-electron chi connectivity index (χ2n) is 8.66. The number of hydrogen-bond donors (Lipinski definition) is 1. The molecule has 0 bridgehead atoms. The highest BCUT2D eigenvalue weighted by Crippen LogP contribution is 2.43. The molecule has 2 aromatic carbocycles. The molecule has 0 saturated carbocycles. The molecule has 2 unspecified atom stereocenters. The highest BCUT2D eigenvalue weighted by Gasteiger charge is 2.47. The van der Waals surface area contributed by atoms with Crippen molar-refractivity contribution in [3.8, 4) is 12.1 Å². The fraction of sp³-hybridized carbons (Fsp3) is 0.333. The van der Waals surface area contributed by atoms with Crippen LogP contribution in [-0.4, -0.2) is 42.4 Å². The molecule has 8 nitrogen and oxygen atoms in total.